The highest BCUT2D eigenvalue weighted by Gasteiger charge is 2.15. The van der Waals surface area contributed by atoms with Gasteiger partial charge in [0.2, 0.25) is 0 Å². The number of aliphatic hydroxyl groups is 1. The average molecular weight is 331 g/mol. The third kappa shape index (κ3) is 4.60. The van der Waals surface area contributed by atoms with Crippen molar-refractivity contribution in [2.45, 2.75) is 25.9 Å². The number of rotatable bonds is 6. The molecular weight excluding hydrogens is 316 g/mol. The topological polar surface area (TPSA) is 92.5 Å². The average Bonchev–Trinajstić information content (AvgIpc) is 2.38. The molecular formula is C12H15BrN2O4. The number of nitro groups is 1. The molecule has 1 rings (SSSR count). The summed E-state index contributed by atoms with van der Waals surface area (Å²) in [5.74, 6) is -0.390. The van der Waals surface area contributed by atoms with Crippen LogP contribution in [0.5, 0.6) is 0 Å². The van der Waals surface area contributed by atoms with Crippen molar-refractivity contribution in [3.05, 3.63) is 38.3 Å². The van der Waals surface area contributed by atoms with Crippen LogP contribution in [0.25, 0.3) is 0 Å². The van der Waals surface area contributed by atoms with Crippen LogP contribution >= 0.6 is 15.9 Å². The molecule has 0 radical (unpaired) electrons. The number of nitrogens with one attached hydrogen (secondary N) is 1. The normalized spacial score (nSPS) is 11.9. The molecule has 0 heterocycles. The first-order chi connectivity index (χ1) is 8.95. The van der Waals surface area contributed by atoms with Crippen molar-refractivity contribution >= 4 is 27.5 Å². The second kappa shape index (κ2) is 7.20. The summed E-state index contributed by atoms with van der Waals surface area (Å²) in [6.45, 7) is 2.18. The Bertz CT molecular complexity index is 479. The van der Waals surface area contributed by atoms with Crippen molar-refractivity contribution in [2.75, 3.05) is 6.54 Å². The zero-order valence-corrected chi connectivity index (χ0v) is 12.0. The minimum Gasteiger partial charge on any atom is -0.393 e. The van der Waals surface area contributed by atoms with Crippen molar-refractivity contribution in [2.24, 2.45) is 0 Å². The molecule has 0 bridgehead atoms. The summed E-state index contributed by atoms with van der Waals surface area (Å²) in [6.07, 6.45) is 0.639. The van der Waals surface area contributed by atoms with Crippen molar-refractivity contribution < 1.29 is 14.8 Å². The third-order valence-corrected chi connectivity index (χ3v) is 3.31. The van der Waals surface area contributed by atoms with Crippen molar-refractivity contribution in [1.29, 1.82) is 0 Å². The van der Waals surface area contributed by atoms with Crippen LogP contribution in [-0.4, -0.2) is 28.6 Å². The van der Waals surface area contributed by atoms with Gasteiger partial charge in [-0.15, -0.1) is 0 Å². The second-order valence-corrected chi connectivity index (χ2v) is 4.88. The summed E-state index contributed by atoms with van der Waals surface area (Å²) in [5, 5.41) is 22.7. The predicted molar refractivity (Wildman–Crippen MR) is 74.0 cm³/mol. The van der Waals surface area contributed by atoms with Crippen molar-refractivity contribution in [3.8, 4) is 0 Å². The number of nitro benzene ring substituents is 1. The molecule has 1 amide bonds. The molecule has 1 atom stereocenters. The Labute approximate surface area is 119 Å². The van der Waals surface area contributed by atoms with Crippen molar-refractivity contribution in [1.82, 2.24) is 5.32 Å². The van der Waals surface area contributed by atoms with Crippen LogP contribution in [0.15, 0.2) is 22.7 Å². The lowest BCUT2D eigenvalue weighted by atomic mass is 10.1. The molecule has 0 aliphatic carbocycles. The number of benzene rings is 1. The van der Waals surface area contributed by atoms with E-state index < -0.39 is 11.0 Å². The highest BCUT2D eigenvalue weighted by molar-refractivity contribution is 9.10. The van der Waals surface area contributed by atoms with E-state index in [9.17, 15) is 20.0 Å². The molecule has 19 heavy (non-hydrogen) atoms. The maximum atomic E-state index is 11.8. The Kier molecular flexibility index (Phi) is 5.91. The summed E-state index contributed by atoms with van der Waals surface area (Å²) in [6, 6.07) is 4.19. The molecule has 0 saturated carbocycles. The van der Waals surface area contributed by atoms with Crippen LogP contribution in [0.2, 0.25) is 0 Å². The first kappa shape index (κ1) is 15.6. The van der Waals surface area contributed by atoms with E-state index in [2.05, 4.69) is 21.2 Å². The Balaban J connectivity index is 2.67. The molecule has 104 valence electrons. The molecule has 1 unspecified atom stereocenters. The monoisotopic (exact) mass is 330 g/mol. The van der Waals surface area contributed by atoms with Gasteiger partial charge >= 0.3 is 0 Å². The summed E-state index contributed by atoms with van der Waals surface area (Å²) in [7, 11) is 0. The van der Waals surface area contributed by atoms with Crippen LogP contribution in [0.1, 0.15) is 30.1 Å². The number of hydrogen-bond acceptors (Lipinski definition) is 4. The van der Waals surface area contributed by atoms with Gasteiger partial charge in [0.1, 0.15) is 0 Å². The lowest BCUT2D eigenvalue weighted by molar-refractivity contribution is -0.385. The van der Waals surface area contributed by atoms with Crippen LogP contribution in [-0.2, 0) is 0 Å². The molecule has 0 aromatic heterocycles. The van der Waals surface area contributed by atoms with Gasteiger partial charge < -0.3 is 10.4 Å². The van der Waals surface area contributed by atoms with Gasteiger partial charge in [-0.25, -0.2) is 0 Å². The SMILES string of the molecule is CCC(O)CCNC(=O)c1ccc(Br)c([N+](=O)[O-])c1. The molecule has 0 fully saturated rings. The van der Waals surface area contributed by atoms with E-state index in [1.807, 2.05) is 6.92 Å². The Morgan fingerprint density at radius 2 is 2.26 bits per heavy atom. The van der Waals surface area contributed by atoms with Gasteiger partial charge in [-0.2, -0.15) is 0 Å². The number of carbonyl (C=O) groups is 1. The number of amides is 1. The van der Waals surface area contributed by atoms with E-state index in [1.165, 1.54) is 18.2 Å². The first-order valence-electron chi connectivity index (χ1n) is 5.86. The van der Waals surface area contributed by atoms with Crippen LogP contribution < -0.4 is 5.32 Å². The predicted octanol–water partition coefficient (Wildman–Crippen LogP) is 2.25. The Hall–Kier alpha value is -1.47. The van der Waals surface area contributed by atoms with Gasteiger partial charge in [-0.1, -0.05) is 6.92 Å². The molecule has 0 spiro atoms. The minimum atomic E-state index is -0.554. The Morgan fingerprint density at radius 3 is 2.84 bits per heavy atom. The maximum absolute atomic E-state index is 11.8. The van der Waals surface area contributed by atoms with Gasteiger partial charge in [0, 0.05) is 18.2 Å². The van der Waals surface area contributed by atoms with E-state index in [0.29, 0.717) is 23.9 Å². The molecule has 1 aromatic rings. The summed E-state index contributed by atoms with van der Waals surface area (Å²) >= 11 is 3.05. The quantitative estimate of drug-likeness (QED) is 0.618. The van der Waals surface area contributed by atoms with E-state index in [4.69, 9.17) is 0 Å². The van der Waals surface area contributed by atoms with Gasteiger partial charge in [0.05, 0.1) is 15.5 Å². The highest BCUT2D eigenvalue weighted by Crippen LogP contribution is 2.25. The molecule has 0 aliphatic heterocycles. The number of nitrogens with zero attached hydrogens (tertiary/aromatic N) is 1. The van der Waals surface area contributed by atoms with Gasteiger partial charge in [-0.3, -0.25) is 14.9 Å². The maximum Gasteiger partial charge on any atom is 0.284 e. The molecule has 7 heteroatoms. The number of halogens is 1. The highest BCUT2D eigenvalue weighted by atomic mass is 79.9. The largest absolute Gasteiger partial charge is 0.393 e. The zero-order valence-electron chi connectivity index (χ0n) is 10.4. The van der Waals surface area contributed by atoms with E-state index in [-0.39, 0.29) is 17.2 Å². The van der Waals surface area contributed by atoms with Gasteiger partial charge in [0.15, 0.2) is 0 Å². The van der Waals surface area contributed by atoms with Crippen LogP contribution in [0.3, 0.4) is 0 Å². The van der Waals surface area contributed by atoms with Crippen molar-refractivity contribution in [3.63, 3.8) is 0 Å². The van der Waals surface area contributed by atoms with E-state index in [0.717, 1.165) is 0 Å². The number of carbonyl (C=O) groups excluding carboxylic acids is 1. The van der Waals surface area contributed by atoms with Crippen LogP contribution in [0, 0.1) is 10.1 Å². The minimum absolute atomic E-state index is 0.152. The van der Waals surface area contributed by atoms with E-state index in [1.54, 1.807) is 0 Å². The van der Waals surface area contributed by atoms with Gasteiger partial charge in [0.25, 0.3) is 11.6 Å². The fraction of sp³-hybridized carbons (Fsp3) is 0.417. The van der Waals surface area contributed by atoms with E-state index >= 15 is 0 Å². The molecule has 1 aromatic carbocycles. The molecule has 0 saturated heterocycles. The standard InChI is InChI=1S/C12H15BrN2O4/c1-2-9(16)5-6-14-12(17)8-3-4-10(13)11(7-8)15(18)19/h3-4,7,9,16H,2,5-6H2,1H3,(H,14,17). The second-order valence-electron chi connectivity index (χ2n) is 4.03. The first-order valence-corrected chi connectivity index (χ1v) is 6.65. The van der Waals surface area contributed by atoms with Gasteiger partial charge in [-0.05, 0) is 40.9 Å². The lowest BCUT2D eigenvalue weighted by Gasteiger charge is -2.09. The number of aliphatic hydroxyl groups excluding tert-OH is 1. The fourth-order valence-corrected chi connectivity index (χ4v) is 1.84. The van der Waals surface area contributed by atoms with Crippen LogP contribution in [0.4, 0.5) is 5.69 Å². The molecule has 2 N–H and O–H groups in total. The smallest absolute Gasteiger partial charge is 0.284 e. The summed E-state index contributed by atoms with van der Waals surface area (Å²) in [5.41, 5.74) is 0.0714. The molecule has 6 nitrogen and oxygen atoms in total. The fourth-order valence-electron chi connectivity index (χ4n) is 1.45. The summed E-state index contributed by atoms with van der Waals surface area (Å²) in [4.78, 5) is 22.0. The number of hydrogen-bond donors (Lipinski definition) is 2. The Morgan fingerprint density at radius 1 is 1.58 bits per heavy atom. The summed E-state index contributed by atoms with van der Waals surface area (Å²) < 4.78 is 0.329. The molecule has 0 aliphatic rings. The zero-order chi connectivity index (χ0) is 14.4. The third-order valence-electron chi connectivity index (χ3n) is 2.64. The lowest BCUT2D eigenvalue weighted by Crippen LogP contribution is -2.27.